The summed E-state index contributed by atoms with van der Waals surface area (Å²) < 4.78 is 10.3. The Morgan fingerprint density at radius 2 is 1.35 bits per heavy atom. The molecule has 0 heterocycles. The summed E-state index contributed by atoms with van der Waals surface area (Å²) in [5.41, 5.74) is 1.01. The number of benzene rings is 1. The molecular formula is C20H30O6. The predicted molar refractivity (Wildman–Crippen MR) is 97.8 cm³/mol. The molecular weight excluding hydrogens is 336 g/mol. The number of aliphatic hydroxyl groups excluding tert-OH is 1. The summed E-state index contributed by atoms with van der Waals surface area (Å²) in [6, 6.07) is 6.83. The first kappa shape index (κ1) is 22.0. The molecule has 1 rings (SSSR count). The van der Waals surface area contributed by atoms with Crippen LogP contribution in [0.3, 0.4) is 0 Å². The Kier molecular flexibility index (Phi) is 11.9. The van der Waals surface area contributed by atoms with Gasteiger partial charge in [0.25, 0.3) is 0 Å². The maximum Gasteiger partial charge on any atom is 0.305 e. The fourth-order valence-corrected chi connectivity index (χ4v) is 2.38. The number of carbonyl (C=O) groups is 2. The third-order valence-corrected chi connectivity index (χ3v) is 3.92. The van der Waals surface area contributed by atoms with E-state index in [9.17, 15) is 14.7 Å². The molecule has 1 aromatic carbocycles. The standard InChI is InChI=1S/C20H30O6/c21-14-5-1-3-7-19(23)25-15-6-2-4-8-20(24)26-16-13-17-9-11-18(22)12-10-17/h9-12,21-22H,1-8,13-16H2. The fraction of sp³-hybridized carbons (Fsp3) is 0.600. The smallest absolute Gasteiger partial charge is 0.305 e. The lowest BCUT2D eigenvalue weighted by Crippen LogP contribution is -2.08. The van der Waals surface area contributed by atoms with Gasteiger partial charge in [-0.2, -0.15) is 0 Å². The zero-order valence-corrected chi connectivity index (χ0v) is 15.3. The number of hydrogen-bond acceptors (Lipinski definition) is 6. The summed E-state index contributed by atoms with van der Waals surface area (Å²) in [5.74, 6) is -0.195. The second-order valence-corrected chi connectivity index (χ2v) is 6.20. The summed E-state index contributed by atoms with van der Waals surface area (Å²) in [6.45, 7) is 0.876. The van der Waals surface area contributed by atoms with Crippen LogP contribution in [-0.2, 0) is 25.5 Å². The van der Waals surface area contributed by atoms with Crippen LogP contribution >= 0.6 is 0 Å². The van der Waals surface area contributed by atoms with Gasteiger partial charge >= 0.3 is 11.9 Å². The van der Waals surface area contributed by atoms with E-state index in [1.165, 1.54) is 0 Å². The Hall–Kier alpha value is -2.08. The van der Waals surface area contributed by atoms with Crippen molar-refractivity contribution in [2.24, 2.45) is 0 Å². The minimum absolute atomic E-state index is 0.161. The predicted octanol–water partition coefficient (Wildman–Crippen LogP) is 3.13. The molecule has 0 atom stereocenters. The molecule has 0 aromatic heterocycles. The first-order valence-corrected chi connectivity index (χ1v) is 9.32. The maximum absolute atomic E-state index is 11.6. The zero-order chi connectivity index (χ0) is 19.0. The van der Waals surface area contributed by atoms with Gasteiger partial charge in [0.15, 0.2) is 0 Å². The van der Waals surface area contributed by atoms with Gasteiger partial charge in [-0.1, -0.05) is 18.6 Å². The normalized spacial score (nSPS) is 10.5. The Morgan fingerprint density at radius 3 is 1.96 bits per heavy atom. The number of ether oxygens (including phenoxy) is 2. The van der Waals surface area contributed by atoms with Crippen LogP contribution < -0.4 is 0 Å². The second-order valence-electron chi connectivity index (χ2n) is 6.20. The molecule has 1 aromatic rings. The molecule has 0 saturated carbocycles. The van der Waals surface area contributed by atoms with Crippen molar-refractivity contribution in [2.75, 3.05) is 19.8 Å². The number of unbranched alkanes of at least 4 members (excludes halogenated alkanes) is 4. The molecule has 0 spiro atoms. The number of aliphatic hydroxyl groups is 1. The molecule has 0 amide bonds. The van der Waals surface area contributed by atoms with Gasteiger partial charge in [-0.05, 0) is 49.8 Å². The van der Waals surface area contributed by atoms with E-state index in [2.05, 4.69) is 0 Å². The Balaban J connectivity index is 1.93. The van der Waals surface area contributed by atoms with Gasteiger partial charge in [-0.15, -0.1) is 0 Å². The Labute approximate surface area is 155 Å². The van der Waals surface area contributed by atoms with Crippen LogP contribution in [0.4, 0.5) is 0 Å². The molecule has 0 bridgehead atoms. The number of rotatable bonds is 14. The van der Waals surface area contributed by atoms with E-state index < -0.39 is 0 Å². The van der Waals surface area contributed by atoms with Gasteiger partial charge in [0, 0.05) is 25.9 Å². The number of phenolic OH excluding ortho intramolecular Hbond substituents is 1. The van der Waals surface area contributed by atoms with E-state index in [1.807, 2.05) is 0 Å². The topological polar surface area (TPSA) is 93.1 Å². The fourth-order valence-electron chi connectivity index (χ4n) is 2.38. The second kappa shape index (κ2) is 14.1. The van der Waals surface area contributed by atoms with E-state index in [0.29, 0.717) is 38.9 Å². The molecule has 6 heteroatoms. The molecule has 0 radical (unpaired) electrons. The lowest BCUT2D eigenvalue weighted by atomic mass is 10.1. The minimum Gasteiger partial charge on any atom is -0.508 e. The maximum atomic E-state index is 11.6. The molecule has 0 aliphatic heterocycles. The lowest BCUT2D eigenvalue weighted by Gasteiger charge is -2.06. The third kappa shape index (κ3) is 11.5. The summed E-state index contributed by atoms with van der Waals surface area (Å²) >= 11 is 0. The highest BCUT2D eigenvalue weighted by atomic mass is 16.5. The number of hydrogen-bond donors (Lipinski definition) is 2. The van der Waals surface area contributed by atoms with Crippen molar-refractivity contribution >= 4 is 11.9 Å². The van der Waals surface area contributed by atoms with E-state index in [-0.39, 0.29) is 24.3 Å². The van der Waals surface area contributed by atoms with Crippen LogP contribution in [0.5, 0.6) is 5.75 Å². The van der Waals surface area contributed by atoms with Gasteiger partial charge in [0.1, 0.15) is 5.75 Å². The van der Waals surface area contributed by atoms with Crippen LogP contribution in [-0.4, -0.2) is 42.0 Å². The molecule has 146 valence electrons. The lowest BCUT2D eigenvalue weighted by molar-refractivity contribution is -0.145. The highest BCUT2D eigenvalue weighted by Gasteiger charge is 2.05. The Morgan fingerprint density at radius 1 is 0.769 bits per heavy atom. The van der Waals surface area contributed by atoms with Crippen LogP contribution in [0.15, 0.2) is 24.3 Å². The van der Waals surface area contributed by atoms with E-state index >= 15 is 0 Å². The van der Waals surface area contributed by atoms with Crippen molar-refractivity contribution in [3.63, 3.8) is 0 Å². The Bertz CT molecular complexity index is 512. The molecule has 0 fully saturated rings. The molecule has 0 unspecified atom stereocenters. The highest BCUT2D eigenvalue weighted by molar-refractivity contribution is 5.69. The van der Waals surface area contributed by atoms with Crippen molar-refractivity contribution in [3.8, 4) is 5.75 Å². The minimum atomic E-state index is -0.218. The van der Waals surface area contributed by atoms with E-state index in [1.54, 1.807) is 24.3 Å². The molecule has 0 saturated heterocycles. The van der Waals surface area contributed by atoms with E-state index in [4.69, 9.17) is 14.6 Å². The van der Waals surface area contributed by atoms with Crippen molar-refractivity contribution in [1.29, 1.82) is 0 Å². The monoisotopic (exact) mass is 366 g/mol. The molecule has 6 nitrogen and oxygen atoms in total. The van der Waals surface area contributed by atoms with Crippen molar-refractivity contribution in [2.45, 2.75) is 57.8 Å². The van der Waals surface area contributed by atoms with Crippen LogP contribution in [0.25, 0.3) is 0 Å². The van der Waals surface area contributed by atoms with Crippen LogP contribution in [0.2, 0.25) is 0 Å². The number of carbonyl (C=O) groups excluding carboxylic acids is 2. The van der Waals surface area contributed by atoms with Gasteiger partial charge in [0.2, 0.25) is 0 Å². The van der Waals surface area contributed by atoms with Gasteiger partial charge < -0.3 is 19.7 Å². The first-order valence-electron chi connectivity index (χ1n) is 9.32. The SMILES string of the molecule is O=C(CCCCCO)OCCCCCC(=O)OCCc1ccc(O)cc1. The van der Waals surface area contributed by atoms with Crippen molar-refractivity contribution in [3.05, 3.63) is 29.8 Å². The molecule has 0 aliphatic rings. The summed E-state index contributed by atoms with van der Waals surface area (Å²) in [7, 11) is 0. The van der Waals surface area contributed by atoms with Crippen molar-refractivity contribution in [1.82, 2.24) is 0 Å². The summed E-state index contributed by atoms with van der Waals surface area (Å²) in [5, 5.41) is 17.8. The van der Waals surface area contributed by atoms with Crippen LogP contribution in [0, 0.1) is 0 Å². The average molecular weight is 366 g/mol. The average Bonchev–Trinajstić information content (AvgIpc) is 2.63. The zero-order valence-electron chi connectivity index (χ0n) is 15.3. The molecule has 26 heavy (non-hydrogen) atoms. The summed E-state index contributed by atoms with van der Waals surface area (Å²) in [6.07, 6.45) is 5.95. The quantitative estimate of drug-likeness (QED) is 0.388. The van der Waals surface area contributed by atoms with Crippen LogP contribution in [0.1, 0.15) is 56.9 Å². The number of aromatic hydroxyl groups is 1. The van der Waals surface area contributed by atoms with Gasteiger partial charge in [-0.3, -0.25) is 9.59 Å². The summed E-state index contributed by atoms with van der Waals surface area (Å²) in [4.78, 5) is 23.1. The number of esters is 2. The van der Waals surface area contributed by atoms with Gasteiger partial charge in [-0.25, -0.2) is 0 Å². The third-order valence-electron chi connectivity index (χ3n) is 3.92. The highest BCUT2D eigenvalue weighted by Crippen LogP contribution is 2.10. The molecule has 0 aliphatic carbocycles. The van der Waals surface area contributed by atoms with Gasteiger partial charge in [0.05, 0.1) is 13.2 Å². The number of phenols is 1. The molecule has 2 N–H and O–H groups in total. The first-order chi connectivity index (χ1) is 12.6. The largest absolute Gasteiger partial charge is 0.508 e. The van der Waals surface area contributed by atoms with Crippen molar-refractivity contribution < 1.29 is 29.3 Å². The van der Waals surface area contributed by atoms with E-state index in [0.717, 1.165) is 37.7 Å².